The summed E-state index contributed by atoms with van der Waals surface area (Å²) in [6, 6.07) is 20.3. The smallest absolute Gasteiger partial charge is 0.269 e. The number of aromatic amines is 1. The zero-order valence-corrected chi connectivity index (χ0v) is 31.5. The number of carbonyl (C=O) groups is 5. The van der Waals surface area contributed by atoms with Crippen LogP contribution < -0.4 is 16.0 Å². The van der Waals surface area contributed by atoms with E-state index in [1.54, 1.807) is 31.4 Å². The Morgan fingerprint density at radius 1 is 0.930 bits per heavy atom. The van der Waals surface area contributed by atoms with Gasteiger partial charge in [-0.15, -0.1) is 0 Å². The van der Waals surface area contributed by atoms with Crippen LogP contribution in [0.3, 0.4) is 0 Å². The number of rotatable bonds is 8. The van der Waals surface area contributed by atoms with E-state index in [-0.39, 0.29) is 48.2 Å². The number of fused-ring (bicyclic) bond motifs is 3. The topological polar surface area (TPSA) is 179 Å². The molecule has 1 atom stereocenters. The summed E-state index contributed by atoms with van der Waals surface area (Å²) < 4.78 is 0. The van der Waals surface area contributed by atoms with Crippen LogP contribution in [0.1, 0.15) is 87.1 Å². The molecule has 8 rings (SSSR count). The minimum Gasteiger partial charge on any atom is -0.354 e. The maximum absolute atomic E-state index is 13.1. The number of carbonyl (C=O) groups excluding carboxylic acids is 5. The lowest BCUT2D eigenvalue weighted by Gasteiger charge is -2.29. The highest BCUT2D eigenvalue weighted by molar-refractivity contribution is 6.08. The van der Waals surface area contributed by atoms with Gasteiger partial charge in [-0.25, -0.2) is 0 Å². The number of benzene rings is 3. The van der Waals surface area contributed by atoms with Gasteiger partial charge in [-0.1, -0.05) is 50.0 Å². The maximum atomic E-state index is 13.1. The van der Waals surface area contributed by atoms with E-state index >= 15 is 0 Å². The molecule has 2 aliphatic heterocycles. The summed E-state index contributed by atoms with van der Waals surface area (Å²) in [5, 5.41) is 17.9. The number of nitrogens with zero attached hydrogens (tertiary/aromatic N) is 4. The lowest BCUT2D eigenvalue weighted by molar-refractivity contribution is -0.136. The summed E-state index contributed by atoms with van der Waals surface area (Å²) in [5.41, 5.74) is 7.83. The second-order valence-corrected chi connectivity index (χ2v) is 14.4. The fraction of sp³-hybridized carbons (Fsp3) is 0.227. The van der Waals surface area contributed by atoms with Gasteiger partial charge in [0, 0.05) is 72.8 Å². The fourth-order valence-electron chi connectivity index (χ4n) is 7.49. The van der Waals surface area contributed by atoms with Crippen LogP contribution in [0.4, 0.5) is 0 Å². The Bertz CT molecular complexity index is 2710. The monoisotopic (exact) mass is 758 g/mol. The van der Waals surface area contributed by atoms with Gasteiger partial charge in [-0.3, -0.25) is 44.4 Å². The first kappa shape index (κ1) is 36.8. The summed E-state index contributed by atoms with van der Waals surface area (Å²) >= 11 is 0. The zero-order chi connectivity index (χ0) is 39.8. The van der Waals surface area contributed by atoms with Crippen LogP contribution in [0.15, 0.2) is 79.1 Å². The Kier molecular flexibility index (Phi) is 9.77. The SMILES string of the molecule is CNC(=O)c1[nH]nc2c(C(C)C)cc(-c3cccc4cc(-c5ccc(C(=O)NCCC#Cc6cccc7c6CN(C6CCC(=O)NC6=O)C7=O)nc5)ncc34)cc12. The van der Waals surface area contributed by atoms with Crippen LogP contribution >= 0.6 is 0 Å². The summed E-state index contributed by atoms with van der Waals surface area (Å²) in [6.45, 7) is 4.74. The summed E-state index contributed by atoms with van der Waals surface area (Å²) in [5.74, 6) is 4.77. The molecule has 0 radical (unpaired) electrons. The van der Waals surface area contributed by atoms with Gasteiger partial charge in [0.1, 0.15) is 17.4 Å². The minimum atomic E-state index is -0.694. The molecule has 1 fully saturated rings. The molecule has 13 heteroatoms. The lowest BCUT2D eigenvalue weighted by Crippen LogP contribution is -2.52. The van der Waals surface area contributed by atoms with Crippen LogP contribution in [0.2, 0.25) is 0 Å². The molecular weight excluding hydrogens is 721 g/mol. The molecule has 2 aliphatic rings. The largest absolute Gasteiger partial charge is 0.354 e. The van der Waals surface area contributed by atoms with Crippen molar-refractivity contribution in [3.8, 4) is 34.2 Å². The van der Waals surface area contributed by atoms with Crippen LogP contribution in [0.25, 0.3) is 44.1 Å². The number of aromatic nitrogens is 4. The third-order valence-corrected chi connectivity index (χ3v) is 10.5. The first-order chi connectivity index (χ1) is 27.6. The van der Waals surface area contributed by atoms with Gasteiger partial charge in [0.25, 0.3) is 17.7 Å². The Hall–Kier alpha value is -7.20. The van der Waals surface area contributed by atoms with Gasteiger partial charge >= 0.3 is 0 Å². The highest BCUT2D eigenvalue weighted by Crippen LogP contribution is 2.36. The first-order valence-electron chi connectivity index (χ1n) is 18.7. The van der Waals surface area contributed by atoms with Crippen LogP contribution in [-0.2, 0) is 16.1 Å². The molecule has 1 unspecified atom stereocenters. The third kappa shape index (κ3) is 6.97. The molecule has 284 valence electrons. The number of nitrogens with one attached hydrogen (secondary N) is 4. The van der Waals surface area contributed by atoms with E-state index in [1.807, 2.05) is 48.7 Å². The van der Waals surface area contributed by atoms with Crippen molar-refractivity contribution < 1.29 is 24.0 Å². The molecule has 5 heterocycles. The number of piperidine rings is 1. The highest BCUT2D eigenvalue weighted by Gasteiger charge is 2.39. The van der Waals surface area contributed by atoms with Crippen molar-refractivity contribution in [1.29, 1.82) is 0 Å². The van der Waals surface area contributed by atoms with Crippen molar-refractivity contribution in [3.63, 3.8) is 0 Å². The standard InChI is InChI=1S/C44H38N8O5/c1-24(2)31-18-28(19-32-39(31)50-51-40(32)43(56)45-3)29-11-7-10-26-20-36(48-22-33(26)29)27-13-14-35(47-21-27)41(54)46-17-5-4-8-25-9-6-12-30-34(25)23-52(44(30)57)37-15-16-38(53)49-42(37)55/h6-7,9-14,18-22,24,37H,5,15-17,23H2,1-3H3,(H,45,56)(H,46,54)(H,50,51)(H,49,53,55). The Morgan fingerprint density at radius 3 is 2.53 bits per heavy atom. The van der Waals surface area contributed by atoms with Crippen molar-refractivity contribution in [2.45, 2.75) is 51.6 Å². The van der Waals surface area contributed by atoms with E-state index in [2.05, 4.69) is 62.9 Å². The molecule has 0 spiro atoms. The van der Waals surface area contributed by atoms with Gasteiger partial charge in [0.2, 0.25) is 11.8 Å². The van der Waals surface area contributed by atoms with Crippen molar-refractivity contribution in [2.24, 2.45) is 0 Å². The molecule has 4 N–H and O–H groups in total. The number of pyridine rings is 2. The van der Waals surface area contributed by atoms with Crippen molar-refractivity contribution >= 4 is 51.2 Å². The molecule has 0 bridgehead atoms. The summed E-state index contributed by atoms with van der Waals surface area (Å²) in [7, 11) is 1.60. The molecular formula is C44H38N8O5. The van der Waals surface area contributed by atoms with E-state index in [4.69, 9.17) is 4.98 Å². The molecule has 5 amide bonds. The molecule has 13 nitrogen and oxygen atoms in total. The van der Waals surface area contributed by atoms with E-state index in [0.717, 1.165) is 49.5 Å². The van der Waals surface area contributed by atoms with Gasteiger partial charge in [0.15, 0.2) is 0 Å². The summed E-state index contributed by atoms with van der Waals surface area (Å²) in [4.78, 5) is 73.4. The van der Waals surface area contributed by atoms with Gasteiger partial charge in [-0.05, 0) is 82.4 Å². The average molecular weight is 759 g/mol. The molecule has 1 saturated heterocycles. The van der Waals surface area contributed by atoms with Gasteiger partial charge in [0.05, 0.1) is 11.2 Å². The minimum absolute atomic E-state index is 0.178. The Morgan fingerprint density at radius 2 is 1.75 bits per heavy atom. The predicted molar refractivity (Wildman–Crippen MR) is 214 cm³/mol. The maximum Gasteiger partial charge on any atom is 0.269 e. The van der Waals surface area contributed by atoms with E-state index in [9.17, 15) is 24.0 Å². The van der Waals surface area contributed by atoms with Crippen LogP contribution in [0.5, 0.6) is 0 Å². The molecule has 6 aromatic rings. The number of imide groups is 1. The fourth-order valence-corrected chi connectivity index (χ4v) is 7.49. The van der Waals surface area contributed by atoms with E-state index in [1.165, 1.54) is 4.90 Å². The molecule has 3 aromatic heterocycles. The van der Waals surface area contributed by atoms with Crippen LogP contribution in [-0.4, -0.2) is 74.2 Å². The Balaban J connectivity index is 0.927. The first-order valence-corrected chi connectivity index (χ1v) is 18.7. The molecule has 0 aliphatic carbocycles. The second kappa shape index (κ2) is 15.1. The van der Waals surface area contributed by atoms with Crippen molar-refractivity contribution in [3.05, 3.63) is 113 Å². The normalized spacial score (nSPS) is 15.1. The molecule has 57 heavy (non-hydrogen) atoms. The number of hydrogen-bond donors (Lipinski definition) is 4. The van der Waals surface area contributed by atoms with Crippen molar-refractivity contribution in [1.82, 2.24) is 41.0 Å². The Labute approximate surface area is 327 Å². The predicted octanol–water partition coefficient (Wildman–Crippen LogP) is 5.26. The number of hydrogen-bond acceptors (Lipinski definition) is 8. The second-order valence-electron chi connectivity index (χ2n) is 14.4. The molecule has 3 aromatic carbocycles. The number of amides is 5. The third-order valence-electron chi connectivity index (χ3n) is 10.5. The van der Waals surface area contributed by atoms with Crippen molar-refractivity contribution in [2.75, 3.05) is 13.6 Å². The average Bonchev–Trinajstić information content (AvgIpc) is 3.80. The number of H-pyrrole nitrogens is 1. The van der Waals surface area contributed by atoms with E-state index < -0.39 is 11.9 Å². The highest BCUT2D eigenvalue weighted by atomic mass is 16.2. The van der Waals surface area contributed by atoms with Crippen LogP contribution in [0, 0.1) is 11.8 Å². The molecule has 0 saturated carbocycles. The lowest BCUT2D eigenvalue weighted by atomic mass is 9.92. The summed E-state index contributed by atoms with van der Waals surface area (Å²) in [6.07, 6.45) is 4.31. The van der Waals surface area contributed by atoms with E-state index in [0.29, 0.717) is 41.9 Å². The zero-order valence-electron chi connectivity index (χ0n) is 31.5. The quantitative estimate of drug-likeness (QED) is 0.0923. The van der Waals surface area contributed by atoms with Gasteiger partial charge < -0.3 is 15.5 Å². The van der Waals surface area contributed by atoms with Gasteiger partial charge in [-0.2, -0.15) is 5.10 Å².